The molecule has 0 unspecified atom stereocenters. The van der Waals surface area contributed by atoms with Crippen LogP contribution in [0.15, 0.2) is 35.1 Å². The first-order valence-electron chi connectivity index (χ1n) is 10.2. The first-order chi connectivity index (χ1) is 14.8. The minimum Gasteiger partial charge on any atom is -0.458 e. The molecular formula is C23H21N3O5. The molecule has 158 valence electrons. The molecule has 8 nitrogen and oxygen atoms in total. The van der Waals surface area contributed by atoms with Crippen molar-refractivity contribution in [1.29, 1.82) is 0 Å². The lowest BCUT2D eigenvalue weighted by Crippen LogP contribution is -2.44. The van der Waals surface area contributed by atoms with Crippen molar-refractivity contribution >= 4 is 22.8 Å². The van der Waals surface area contributed by atoms with Gasteiger partial charge in [-0.2, -0.15) is 0 Å². The molecule has 0 aliphatic carbocycles. The molecular weight excluding hydrogens is 398 g/mol. The third-order valence-electron chi connectivity index (χ3n) is 6.28. The minimum absolute atomic E-state index is 0.100. The molecule has 1 aromatic carbocycles. The smallest absolute Gasteiger partial charge is 0.343 e. The molecule has 0 radical (unpaired) electrons. The highest BCUT2D eigenvalue weighted by molar-refractivity contribution is 5.88. The number of carbonyl (C=O) groups excluding carboxylic acids is 2. The average Bonchev–Trinajstić information content (AvgIpc) is 3.11. The highest BCUT2D eigenvalue weighted by Gasteiger charge is 2.45. The molecule has 8 heteroatoms. The number of nitrogens with two attached hydrogens (primary N) is 1. The standard InChI is InChI=1S/C23H21N3O5/c1-2-23(30)16-9-18-20-13(10-26(18)21(28)15(16)11-31-22(23)29)8-14-12(6-7-19(24)27)4-3-5-17(14)25-20/h3-5,8-9,30H,2,6-7,10-11H2,1H3,(H2,24,27)/t23-/m0/s1. The van der Waals surface area contributed by atoms with Crippen LogP contribution < -0.4 is 11.3 Å². The van der Waals surface area contributed by atoms with E-state index in [4.69, 9.17) is 15.5 Å². The van der Waals surface area contributed by atoms with Crippen LogP contribution in [0.3, 0.4) is 0 Å². The Kier molecular flexibility index (Phi) is 4.23. The number of pyridine rings is 2. The number of benzene rings is 1. The Balaban J connectivity index is 1.69. The van der Waals surface area contributed by atoms with E-state index in [0.29, 0.717) is 35.5 Å². The Bertz CT molecular complexity index is 1340. The number of hydrogen-bond donors (Lipinski definition) is 2. The second-order valence-electron chi connectivity index (χ2n) is 8.05. The Hall–Kier alpha value is -3.52. The lowest BCUT2D eigenvalue weighted by Gasteiger charge is -2.31. The maximum Gasteiger partial charge on any atom is 0.343 e. The van der Waals surface area contributed by atoms with Crippen molar-refractivity contribution in [3.05, 3.63) is 62.9 Å². The molecule has 0 spiro atoms. The second-order valence-corrected chi connectivity index (χ2v) is 8.05. The fraction of sp³-hybridized carbons (Fsp3) is 0.304. The fourth-order valence-electron chi connectivity index (χ4n) is 4.54. The Morgan fingerprint density at radius 1 is 1.32 bits per heavy atom. The molecule has 2 aliphatic rings. The number of cyclic esters (lactones) is 1. The second kappa shape index (κ2) is 6.75. The lowest BCUT2D eigenvalue weighted by atomic mass is 9.86. The van der Waals surface area contributed by atoms with Gasteiger partial charge in [-0.1, -0.05) is 19.1 Å². The maximum absolute atomic E-state index is 13.2. The zero-order valence-electron chi connectivity index (χ0n) is 17.0. The molecule has 0 fully saturated rings. The van der Waals surface area contributed by atoms with Crippen molar-refractivity contribution in [2.75, 3.05) is 0 Å². The number of aromatic nitrogens is 2. The van der Waals surface area contributed by atoms with Gasteiger partial charge in [-0.15, -0.1) is 0 Å². The molecule has 3 aromatic rings. The Morgan fingerprint density at radius 2 is 2.13 bits per heavy atom. The molecule has 0 saturated heterocycles. The molecule has 1 atom stereocenters. The third kappa shape index (κ3) is 2.79. The van der Waals surface area contributed by atoms with Crippen molar-refractivity contribution in [2.24, 2.45) is 5.73 Å². The van der Waals surface area contributed by atoms with Crippen LogP contribution in [0.25, 0.3) is 22.3 Å². The lowest BCUT2D eigenvalue weighted by molar-refractivity contribution is -0.172. The topological polar surface area (TPSA) is 125 Å². The van der Waals surface area contributed by atoms with E-state index >= 15 is 0 Å². The Morgan fingerprint density at radius 3 is 2.87 bits per heavy atom. The number of hydrogen-bond acceptors (Lipinski definition) is 6. The van der Waals surface area contributed by atoms with E-state index in [1.807, 2.05) is 24.3 Å². The number of rotatable bonds is 4. The van der Waals surface area contributed by atoms with Crippen molar-refractivity contribution in [2.45, 2.75) is 44.9 Å². The van der Waals surface area contributed by atoms with Gasteiger partial charge in [0.25, 0.3) is 5.56 Å². The number of amides is 1. The van der Waals surface area contributed by atoms with Gasteiger partial charge in [-0.05, 0) is 36.6 Å². The van der Waals surface area contributed by atoms with Gasteiger partial charge >= 0.3 is 5.97 Å². The first-order valence-corrected chi connectivity index (χ1v) is 10.2. The number of ether oxygens (including phenoxy) is 1. The van der Waals surface area contributed by atoms with Crippen molar-refractivity contribution in [1.82, 2.24) is 9.55 Å². The summed E-state index contributed by atoms with van der Waals surface area (Å²) in [6.45, 7) is 1.86. The quantitative estimate of drug-likeness (QED) is 0.483. The maximum atomic E-state index is 13.2. The van der Waals surface area contributed by atoms with E-state index in [2.05, 4.69) is 0 Å². The van der Waals surface area contributed by atoms with Gasteiger partial charge in [0.1, 0.15) is 6.61 Å². The summed E-state index contributed by atoms with van der Waals surface area (Å²) in [7, 11) is 0. The summed E-state index contributed by atoms with van der Waals surface area (Å²) < 4.78 is 6.70. The van der Waals surface area contributed by atoms with Gasteiger partial charge in [0.2, 0.25) is 5.91 Å². The predicted molar refractivity (Wildman–Crippen MR) is 112 cm³/mol. The van der Waals surface area contributed by atoms with E-state index in [1.165, 1.54) is 0 Å². The molecule has 4 heterocycles. The molecule has 31 heavy (non-hydrogen) atoms. The van der Waals surface area contributed by atoms with Gasteiger partial charge < -0.3 is 20.1 Å². The molecule has 0 bridgehead atoms. The first kappa shape index (κ1) is 19.4. The van der Waals surface area contributed by atoms with Crippen LogP contribution in [0.2, 0.25) is 0 Å². The highest BCUT2D eigenvalue weighted by atomic mass is 16.6. The van der Waals surface area contributed by atoms with Crippen LogP contribution in [-0.2, 0) is 39.5 Å². The van der Waals surface area contributed by atoms with Gasteiger partial charge in [0, 0.05) is 22.9 Å². The van der Waals surface area contributed by atoms with Crippen LogP contribution in [0.4, 0.5) is 0 Å². The zero-order valence-corrected chi connectivity index (χ0v) is 17.0. The fourth-order valence-corrected chi connectivity index (χ4v) is 4.54. The van der Waals surface area contributed by atoms with Gasteiger partial charge in [-0.25, -0.2) is 9.78 Å². The van der Waals surface area contributed by atoms with E-state index in [-0.39, 0.29) is 30.9 Å². The van der Waals surface area contributed by atoms with Crippen molar-refractivity contribution in [3.8, 4) is 11.4 Å². The Labute approximate surface area is 177 Å². The van der Waals surface area contributed by atoms with Crippen LogP contribution in [0, 0.1) is 0 Å². The van der Waals surface area contributed by atoms with E-state index in [1.54, 1.807) is 17.6 Å². The average molecular weight is 419 g/mol. The normalized spacial score (nSPS) is 19.0. The molecule has 2 aromatic heterocycles. The third-order valence-corrected chi connectivity index (χ3v) is 6.28. The number of fused-ring (bicyclic) bond motifs is 5. The monoisotopic (exact) mass is 419 g/mol. The van der Waals surface area contributed by atoms with E-state index in [0.717, 1.165) is 22.0 Å². The van der Waals surface area contributed by atoms with Gasteiger partial charge in [-0.3, -0.25) is 9.59 Å². The summed E-state index contributed by atoms with van der Waals surface area (Å²) >= 11 is 0. The highest BCUT2D eigenvalue weighted by Crippen LogP contribution is 2.38. The zero-order chi connectivity index (χ0) is 21.9. The van der Waals surface area contributed by atoms with Crippen LogP contribution in [-0.4, -0.2) is 26.5 Å². The number of nitrogens with zero attached hydrogens (tertiary/aromatic N) is 2. The largest absolute Gasteiger partial charge is 0.458 e. The summed E-state index contributed by atoms with van der Waals surface area (Å²) in [4.78, 5) is 41.5. The van der Waals surface area contributed by atoms with E-state index in [9.17, 15) is 19.5 Å². The van der Waals surface area contributed by atoms with Crippen LogP contribution >= 0.6 is 0 Å². The summed E-state index contributed by atoms with van der Waals surface area (Å²) in [6, 6.07) is 9.38. The molecule has 3 N–H and O–H groups in total. The summed E-state index contributed by atoms with van der Waals surface area (Å²) in [6.07, 6.45) is 0.854. The molecule has 0 saturated carbocycles. The number of esters is 1. The summed E-state index contributed by atoms with van der Waals surface area (Å²) in [5.41, 5.74) is 7.57. The van der Waals surface area contributed by atoms with Gasteiger partial charge in [0.05, 0.1) is 29.0 Å². The van der Waals surface area contributed by atoms with Gasteiger partial charge in [0.15, 0.2) is 5.60 Å². The number of carbonyl (C=O) groups is 2. The van der Waals surface area contributed by atoms with Crippen LogP contribution in [0.5, 0.6) is 0 Å². The van der Waals surface area contributed by atoms with E-state index < -0.39 is 11.6 Å². The molecule has 5 rings (SSSR count). The number of primary amides is 1. The predicted octanol–water partition coefficient (Wildman–Crippen LogP) is 1.50. The number of aryl methyl sites for hydroxylation is 1. The minimum atomic E-state index is -1.84. The van der Waals surface area contributed by atoms with Crippen molar-refractivity contribution < 1.29 is 19.4 Å². The van der Waals surface area contributed by atoms with Crippen LogP contribution in [0.1, 0.15) is 42.0 Å². The summed E-state index contributed by atoms with van der Waals surface area (Å²) in [5.74, 6) is -1.11. The SMILES string of the molecule is CC[C@@]1(O)C(=O)OCc2c1cc1n(c2=O)Cc2cc3c(CCC(N)=O)cccc3nc2-1. The summed E-state index contributed by atoms with van der Waals surface area (Å²) in [5, 5.41) is 11.8. The number of aliphatic hydroxyl groups is 1. The molecule has 2 aliphatic heterocycles. The van der Waals surface area contributed by atoms with Crippen molar-refractivity contribution in [3.63, 3.8) is 0 Å². The molecule has 1 amide bonds.